The maximum Gasteiger partial charge on any atom is 1.00 e. The molecule has 13 heteroatoms. The maximum atomic E-state index is 10.4. The van der Waals surface area contributed by atoms with E-state index in [0.29, 0.717) is 0 Å². The molecule has 0 spiro atoms. The van der Waals surface area contributed by atoms with Gasteiger partial charge >= 0.3 is 18.9 Å². The third-order valence-electron chi connectivity index (χ3n) is 0.233. The zero-order valence-electron chi connectivity index (χ0n) is 10.7. The van der Waals surface area contributed by atoms with Crippen LogP contribution >= 0.6 is 25.3 Å². The van der Waals surface area contributed by atoms with Crippen molar-refractivity contribution in [2.75, 3.05) is 13.3 Å². The number of carbonyl (C=O) groups is 2. The van der Waals surface area contributed by atoms with Crippen LogP contribution in [0.5, 0.6) is 0 Å². The minimum absolute atomic E-state index is 0. The summed E-state index contributed by atoms with van der Waals surface area (Å²) in [4.78, 5) is 18.2. The maximum absolute atomic E-state index is 10.4. The second-order valence-electron chi connectivity index (χ2n) is 1.77. The van der Waals surface area contributed by atoms with Crippen molar-refractivity contribution in [3.63, 3.8) is 0 Å². The third-order valence-corrected chi connectivity index (χ3v) is 0.233. The average Bonchev–Trinajstić information content (AvgIpc) is 2.16. The van der Waals surface area contributed by atoms with Crippen LogP contribution in [0.15, 0.2) is 0 Å². The molecule has 0 saturated carbocycles. The summed E-state index contributed by atoms with van der Waals surface area (Å²) in [6, 6.07) is 0. The summed E-state index contributed by atoms with van der Waals surface area (Å²) in [7, 11) is 0. The second kappa shape index (κ2) is 26.4. The molecule has 0 aliphatic carbocycles. The summed E-state index contributed by atoms with van der Waals surface area (Å²) in [5.74, 6) is 0. The van der Waals surface area contributed by atoms with Gasteiger partial charge in [-0.1, -0.05) is 25.3 Å². The van der Waals surface area contributed by atoms with Gasteiger partial charge in [-0.05, 0) is 0 Å². The van der Waals surface area contributed by atoms with Crippen LogP contribution in [0, 0.1) is 0 Å². The molecule has 0 aromatic heterocycles. The number of primary amides is 2. The molecule has 0 aliphatic heterocycles. The van der Waals surface area contributed by atoms with Crippen LogP contribution in [0.25, 0.3) is 0 Å². The average molecular weight is 330 g/mol. The van der Waals surface area contributed by atoms with Crippen molar-refractivity contribution < 1.29 is 56.2 Å². The van der Waals surface area contributed by atoms with Crippen molar-refractivity contribution in [1.29, 1.82) is 0 Å². The van der Waals surface area contributed by atoms with Gasteiger partial charge in [-0.25, -0.2) is 26.3 Å². The Balaban J connectivity index is -0.0000000318. The monoisotopic (exact) mass is 330 g/mol. The number of amides is 2. The molecule has 0 aromatic rings. The predicted octanol–water partition coefficient (Wildman–Crippen LogP) is -0.452. The largest absolute Gasteiger partial charge is 1.00 e. The van der Waals surface area contributed by atoms with Gasteiger partial charge in [0, 0.05) is 0 Å². The number of hydrogen-bond acceptors (Lipinski definition) is 2. The Bertz CT molecular complexity index is 182. The van der Waals surface area contributed by atoms with E-state index in [2.05, 4.69) is 36.7 Å². The molecule has 4 nitrogen and oxygen atoms in total. The van der Waals surface area contributed by atoms with Gasteiger partial charge in [-0.15, -0.1) is 0 Å². The van der Waals surface area contributed by atoms with E-state index in [0.717, 1.165) is 0 Å². The van der Waals surface area contributed by atoms with Gasteiger partial charge in [0.05, 0.1) is 0 Å². The first kappa shape index (κ1) is 31.3. The molecular formula is C6H13F6LiN2O2S2. The van der Waals surface area contributed by atoms with Crippen LogP contribution in [-0.2, 0) is 0 Å². The summed E-state index contributed by atoms with van der Waals surface area (Å²) in [6.07, 6.45) is -5.56. The van der Waals surface area contributed by atoms with E-state index in [1.807, 2.05) is 0 Å². The fourth-order valence-electron chi connectivity index (χ4n) is 0. The van der Waals surface area contributed by atoms with Gasteiger partial charge < -0.3 is 12.9 Å². The third kappa shape index (κ3) is 306. The van der Waals surface area contributed by atoms with Crippen LogP contribution in [0.3, 0.4) is 0 Å². The number of rotatable bonds is 2. The van der Waals surface area contributed by atoms with Gasteiger partial charge in [0.15, 0.2) is 13.3 Å². The van der Waals surface area contributed by atoms with Crippen LogP contribution < -0.4 is 30.3 Å². The first-order chi connectivity index (χ1) is 8.00. The number of thiol groups is 2. The molecule has 0 fully saturated rings. The number of carbonyl (C=O) groups excluding carboxylic acids is 2. The molecule has 0 heterocycles. The van der Waals surface area contributed by atoms with E-state index in [-0.39, 0.29) is 20.3 Å². The Kier molecular flexibility index (Phi) is 43.5. The van der Waals surface area contributed by atoms with Gasteiger partial charge in [0.25, 0.3) is 23.3 Å². The van der Waals surface area contributed by atoms with E-state index in [1.165, 1.54) is 0 Å². The molecule has 0 atom stereocenters. The number of halogens is 6. The smallest absolute Gasteiger partial charge is 1.00 e. The van der Waals surface area contributed by atoms with Crippen molar-refractivity contribution in [3.05, 3.63) is 0 Å². The molecule has 2 amide bonds. The molecule has 0 bridgehead atoms. The Labute approximate surface area is 130 Å². The van der Waals surface area contributed by atoms with Crippen LogP contribution in [0.2, 0.25) is 0 Å². The minimum atomic E-state index is -2.78. The van der Waals surface area contributed by atoms with Gasteiger partial charge in [-0.3, -0.25) is 9.59 Å². The van der Waals surface area contributed by atoms with Gasteiger partial charge in [0.1, 0.15) is 0 Å². The fraction of sp³-hybridized carbons (Fsp3) is 0.667. The molecule has 0 aliphatic rings. The first-order valence-electron chi connectivity index (χ1n) is 3.66. The van der Waals surface area contributed by atoms with Crippen molar-refractivity contribution >= 4 is 35.7 Å². The molecule has 114 valence electrons. The van der Waals surface area contributed by atoms with Gasteiger partial charge in [-0.2, -0.15) is 0 Å². The zero-order chi connectivity index (χ0) is 15.7. The second-order valence-corrected chi connectivity index (χ2v) is 2.65. The molecular weight excluding hydrogens is 317 g/mol. The van der Waals surface area contributed by atoms with Crippen LogP contribution in [0.1, 0.15) is 1.43 Å². The summed E-state index contributed by atoms with van der Waals surface area (Å²) in [5.41, 5.74) is 8.67. The standard InChI is InChI=1S/2C2H3F3.2CH3NOS.Li.H/c2*3-1-2(4)5;2*2-1(3)4;;/h2*2H,1H2;2*(H3,2,3,4);;/q;;;;+1;-1. The van der Waals surface area contributed by atoms with Crippen LogP contribution in [-0.4, -0.2) is 36.7 Å². The fourth-order valence-corrected chi connectivity index (χ4v) is 0. The Hall–Kier alpha value is -0.183. The van der Waals surface area contributed by atoms with Crippen LogP contribution in [0.4, 0.5) is 35.9 Å². The number of hydrogen-bond donors (Lipinski definition) is 4. The normalized spacial score (nSPS) is 7.68. The Morgan fingerprint density at radius 2 is 0.947 bits per heavy atom. The topological polar surface area (TPSA) is 86.2 Å². The molecule has 0 unspecified atom stereocenters. The Morgan fingerprint density at radius 3 is 0.947 bits per heavy atom. The SMILES string of the molecule is FCC(F)F.FCC(F)F.NC(=O)S.NC(=O)S.[H-].[Li+]. The summed E-state index contributed by atoms with van der Waals surface area (Å²) >= 11 is 6.21. The zero-order valence-corrected chi connectivity index (χ0v) is 11.5. The molecule has 0 rings (SSSR count). The van der Waals surface area contributed by atoms with E-state index in [4.69, 9.17) is 9.59 Å². The van der Waals surface area contributed by atoms with Crippen molar-refractivity contribution in [2.45, 2.75) is 12.9 Å². The minimum Gasteiger partial charge on any atom is -1.00 e. The van der Waals surface area contributed by atoms with E-state index in [1.54, 1.807) is 0 Å². The van der Waals surface area contributed by atoms with Crippen molar-refractivity contribution in [3.8, 4) is 0 Å². The van der Waals surface area contributed by atoms with Crippen molar-refractivity contribution in [1.82, 2.24) is 0 Å². The van der Waals surface area contributed by atoms with Crippen molar-refractivity contribution in [2.24, 2.45) is 11.5 Å². The van der Waals surface area contributed by atoms with E-state index >= 15 is 0 Å². The molecule has 0 radical (unpaired) electrons. The predicted molar refractivity (Wildman–Crippen MR) is 62.2 cm³/mol. The summed E-state index contributed by atoms with van der Waals surface area (Å²) < 4.78 is 62.3. The quantitative estimate of drug-likeness (QED) is 0.314. The summed E-state index contributed by atoms with van der Waals surface area (Å²) in [6.45, 7) is -3.06. The number of nitrogens with two attached hydrogens (primary N) is 2. The Morgan fingerprint density at radius 1 is 0.895 bits per heavy atom. The molecule has 4 N–H and O–H groups in total. The first-order valence-corrected chi connectivity index (χ1v) is 4.55. The molecule has 0 saturated heterocycles. The number of alkyl halides is 6. The van der Waals surface area contributed by atoms with E-state index in [9.17, 15) is 26.3 Å². The molecule has 0 aromatic carbocycles. The van der Waals surface area contributed by atoms with Gasteiger partial charge in [0.2, 0.25) is 0 Å². The molecule has 19 heavy (non-hydrogen) atoms. The van der Waals surface area contributed by atoms with E-state index < -0.39 is 36.7 Å². The summed E-state index contributed by atoms with van der Waals surface area (Å²) in [5, 5.41) is -1.28.